The van der Waals surface area contributed by atoms with Crippen molar-refractivity contribution < 1.29 is 28.6 Å². The number of ether oxygens (including phenoxy) is 3. The molecular weight excluding hydrogens is 729 g/mol. The Morgan fingerprint density at radius 1 is 0.907 bits per heavy atom. The first-order valence-electron chi connectivity index (χ1n) is 12.8. The Morgan fingerprint density at radius 3 is 2.42 bits per heavy atom. The third kappa shape index (κ3) is 6.78. The summed E-state index contributed by atoms with van der Waals surface area (Å²) in [4.78, 5) is 41.0. The molecule has 0 unspecified atom stereocenters. The molecule has 9 nitrogen and oxygen atoms in total. The average Bonchev–Trinajstić information content (AvgIpc) is 3.40. The van der Waals surface area contributed by atoms with Crippen molar-refractivity contribution in [3.8, 4) is 28.4 Å². The van der Waals surface area contributed by atoms with E-state index in [1.165, 1.54) is 38.4 Å². The lowest BCUT2D eigenvalue weighted by Crippen LogP contribution is -2.19. The molecule has 2 N–H and O–H groups in total. The number of carbonyl (C=O) groups is 3. The van der Waals surface area contributed by atoms with Gasteiger partial charge in [-0.05, 0) is 70.6 Å². The third-order valence-corrected chi connectivity index (χ3v) is 7.66. The van der Waals surface area contributed by atoms with Gasteiger partial charge in [0.25, 0.3) is 5.91 Å². The van der Waals surface area contributed by atoms with E-state index in [-0.39, 0.29) is 22.8 Å². The Hall–Kier alpha value is -4.49. The van der Waals surface area contributed by atoms with Gasteiger partial charge >= 0.3 is 11.9 Å². The fourth-order valence-corrected chi connectivity index (χ4v) is 5.39. The molecule has 0 atom stereocenters. The van der Waals surface area contributed by atoms with Gasteiger partial charge in [0.2, 0.25) is 0 Å². The normalized spacial score (nSPS) is 11.0. The van der Waals surface area contributed by atoms with Gasteiger partial charge in [-0.2, -0.15) is 5.10 Å². The molecule has 5 aromatic rings. The van der Waals surface area contributed by atoms with Crippen LogP contribution in [0.2, 0.25) is 0 Å². The number of rotatable bonds is 8. The van der Waals surface area contributed by atoms with Gasteiger partial charge < -0.3 is 19.2 Å². The summed E-state index contributed by atoms with van der Waals surface area (Å²) in [6.45, 7) is 1.27. The van der Waals surface area contributed by atoms with Crippen molar-refractivity contribution in [2.45, 2.75) is 6.92 Å². The predicted octanol–water partition coefficient (Wildman–Crippen LogP) is 7.12. The summed E-state index contributed by atoms with van der Waals surface area (Å²) in [6.07, 6.45) is 1.39. The van der Waals surface area contributed by atoms with Crippen LogP contribution in [-0.4, -0.2) is 36.2 Å². The number of hydrogen-bond acceptors (Lipinski definition) is 7. The maximum atomic E-state index is 13.4. The minimum Gasteiger partial charge on any atom is -0.493 e. The number of nitrogens with zero attached hydrogens (tertiary/aromatic N) is 1. The van der Waals surface area contributed by atoms with E-state index >= 15 is 0 Å². The summed E-state index contributed by atoms with van der Waals surface area (Å²) in [5.74, 6) is -1.04. The standard InChI is InChI=1S/C32H23BrIN3O6/c1-18(38)42-26-13-11-20(16-27(26)41-2)32(40)43-25-14-12-22(33)15-21(25)17-35-37-31(39)30-28(19-7-4-3-5-8-19)23-9-6-10-24(34)29(23)36-30/h3-17,36H,1-2H3,(H,37,39). The number of aromatic nitrogens is 1. The van der Waals surface area contributed by atoms with Crippen LogP contribution >= 0.6 is 38.5 Å². The summed E-state index contributed by atoms with van der Waals surface area (Å²) < 4.78 is 17.7. The van der Waals surface area contributed by atoms with Gasteiger partial charge in [-0.3, -0.25) is 9.59 Å². The van der Waals surface area contributed by atoms with Crippen LogP contribution in [0.4, 0.5) is 0 Å². The summed E-state index contributed by atoms with van der Waals surface area (Å²) in [5, 5.41) is 5.09. The molecule has 0 aliphatic carbocycles. The molecule has 0 bridgehead atoms. The largest absolute Gasteiger partial charge is 0.493 e. The molecule has 5 rings (SSSR count). The Labute approximate surface area is 268 Å². The molecule has 0 saturated heterocycles. The fourth-order valence-electron chi connectivity index (χ4n) is 4.38. The highest BCUT2D eigenvalue weighted by Gasteiger charge is 2.20. The van der Waals surface area contributed by atoms with Gasteiger partial charge in [-0.25, -0.2) is 10.2 Å². The Balaban J connectivity index is 1.39. The molecule has 11 heteroatoms. The van der Waals surface area contributed by atoms with E-state index in [2.05, 4.69) is 54.0 Å². The lowest BCUT2D eigenvalue weighted by atomic mass is 10.0. The van der Waals surface area contributed by atoms with Crippen molar-refractivity contribution in [2.24, 2.45) is 5.10 Å². The van der Waals surface area contributed by atoms with Gasteiger partial charge in [0, 0.05) is 31.5 Å². The second kappa shape index (κ2) is 13.2. The number of H-pyrrole nitrogens is 1. The summed E-state index contributed by atoms with van der Waals surface area (Å²) in [6, 6.07) is 24.9. The van der Waals surface area contributed by atoms with E-state index in [0.29, 0.717) is 15.7 Å². The highest BCUT2D eigenvalue weighted by Crippen LogP contribution is 2.34. The van der Waals surface area contributed by atoms with Crippen LogP contribution in [0, 0.1) is 3.57 Å². The number of halogens is 2. The van der Waals surface area contributed by atoms with Crippen LogP contribution in [0.25, 0.3) is 22.0 Å². The maximum Gasteiger partial charge on any atom is 0.343 e. The first-order chi connectivity index (χ1) is 20.7. The van der Waals surface area contributed by atoms with Gasteiger partial charge in [-0.15, -0.1) is 0 Å². The lowest BCUT2D eigenvalue weighted by Gasteiger charge is -2.11. The molecule has 1 amide bonds. The van der Waals surface area contributed by atoms with Crippen LogP contribution in [0.3, 0.4) is 0 Å². The number of benzene rings is 4. The maximum absolute atomic E-state index is 13.4. The predicted molar refractivity (Wildman–Crippen MR) is 175 cm³/mol. The number of carbonyl (C=O) groups excluding carboxylic acids is 3. The number of aromatic amines is 1. The molecule has 0 fully saturated rings. The zero-order chi connectivity index (χ0) is 30.5. The number of methoxy groups -OCH3 is 1. The van der Waals surface area contributed by atoms with Crippen molar-refractivity contribution in [1.82, 2.24) is 10.4 Å². The van der Waals surface area contributed by atoms with Crippen molar-refractivity contribution in [3.05, 3.63) is 110 Å². The van der Waals surface area contributed by atoms with Crippen LogP contribution in [0.5, 0.6) is 17.2 Å². The molecular formula is C32H23BrIN3O6. The number of esters is 2. The molecule has 43 heavy (non-hydrogen) atoms. The summed E-state index contributed by atoms with van der Waals surface area (Å²) in [7, 11) is 1.40. The first kappa shape index (κ1) is 30.0. The van der Waals surface area contributed by atoms with E-state index in [4.69, 9.17) is 14.2 Å². The van der Waals surface area contributed by atoms with Crippen molar-refractivity contribution >= 4 is 73.5 Å². The number of amides is 1. The Kier molecular flexibility index (Phi) is 9.22. The molecule has 4 aromatic carbocycles. The van der Waals surface area contributed by atoms with E-state index in [0.717, 1.165) is 25.6 Å². The zero-order valence-electron chi connectivity index (χ0n) is 22.8. The smallest absolute Gasteiger partial charge is 0.343 e. The molecule has 216 valence electrons. The second-order valence-electron chi connectivity index (χ2n) is 9.13. The average molecular weight is 752 g/mol. The van der Waals surface area contributed by atoms with E-state index < -0.39 is 17.8 Å². The van der Waals surface area contributed by atoms with Gasteiger partial charge in [0.15, 0.2) is 11.5 Å². The number of nitrogens with one attached hydrogen (secondary N) is 2. The minimum absolute atomic E-state index is 0.175. The number of para-hydroxylation sites is 1. The minimum atomic E-state index is -0.672. The van der Waals surface area contributed by atoms with Gasteiger partial charge in [-0.1, -0.05) is 58.4 Å². The van der Waals surface area contributed by atoms with Gasteiger partial charge in [0.1, 0.15) is 11.4 Å². The monoisotopic (exact) mass is 751 g/mol. The van der Waals surface area contributed by atoms with E-state index in [1.54, 1.807) is 18.2 Å². The van der Waals surface area contributed by atoms with Crippen molar-refractivity contribution in [3.63, 3.8) is 0 Å². The number of hydrazone groups is 1. The van der Waals surface area contributed by atoms with E-state index in [1.807, 2.05) is 48.5 Å². The second-order valence-corrected chi connectivity index (χ2v) is 11.2. The molecule has 0 aliphatic heterocycles. The molecule has 0 spiro atoms. The lowest BCUT2D eigenvalue weighted by molar-refractivity contribution is -0.132. The zero-order valence-corrected chi connectivity index (χ0v) is 26.6. The van der Waals surface area contributed by atoms with Crippen LogP contribution in [0.1, 0.15) is 33.3 Å². The summed E-state index contributed by atoms with van der Waals surface area (Å²) >= 11 is 5.65. The van der Waals surface area contributed by atoms with Crippen molar-refractivity contribution in [2.75, 3.05) is 7.11 Å². The topological polar surface area (TPSA) is 119 Å². The molecule has 0 radical (unpaired) electrons. The van der Waals surface area contributed by atoms with Crippen LogP contribution in [0.15, 0.2) is 94.5 Å². The Morgan fingerprint density at radius 2 is 1.67 bits per heavy atom. The van der Waals surface area contributed by atoms with Gasteiger partial charge in [0.05, 0.1) is 24.4 Å². The summed E-state index contributed by atoms with van der Waals surface area (Å²) in [5.41, 5.74) is 6.09. The van der Waals surface area contributed by atoms with Crippen LogP contribution in [-0.2, 0) is 4.79 Å². The molecule has 1 heterocycles. The highest BCUT2D eigenvalue weighted by atomic mass is 127. The Bertz CT molecular complexity index is 1890. The van der Waals surface area contributed by atoms with E-state index in [9.17, 15) is 14.4 Å². The quantitative estimate of drug-likeness (QED) is 0.0574. The third-order valence-electron chi connectivity index (χ3n) is 6.27. The number of hydrogen-bond donors (Lipinski definition) is 2. The van der Waals surface area contributed by atoms with Crippen LogP contribution < -0.4 is 19.6 Å². The number of fused-ring (bicyclic) bond motifs is 1. The van der Waals surface area contributed by atoms with Crippen molar-refractivity contribution in [1.29, 1.82) is 0 Å². The fraction of sp³-hybridized carbons (Fsp3) is 0.0625. The highest BCUT2D eigenvalue weighted by molar-refractivity contribution is 14.1. The first-order valence-corrected chi connectivity index (χ1v) is 14.7. The molecule has 0 saturated carbocycles. The molecule has 1 aromatic heterocycles. The SMILES string of the molecule is COc1cc(C(=O)Oc2ccc(Br)cc2C=NNC(=O)c2[nH]c3c(I)cccc3c2-c2ccccc2)ccc1OC(C)=O. The molecule has 0 aliphatic rings.